The van der Waals surface area contributed by atoms with Crippen LogP contribution >= 0.6 is 0 Å². The van der Waals surface area contributed by atoms with Crippen LogP contribution in [0.15, 0.2) is 0 Å². The standard InChI is InChI=1S/C13H26N2O4/c1-6-10(4)13(5,7-18-11(14)16)8-19-12(17)15-9(2)3/h9-10H,6-8H2,1-5H3,(H2,14,16)(H,15,17)/t10-,13+/m0/s1. The summed E-state index contributed by atoms with van der Waals surface area (Å²) >= 11 is 0. The van der Waals surface area contributed by atoms with Gasteiger partial charge in [-0.1, -0.05) is 27.2 Å². The van der Waals surface area contributed by atoms with Crippen molar-refractivity contribution < 1.29 is 19.1 Å². The molecular weight excluding hydrogens is 248 g/mol. The van der Waals surface area contributed by atoms with Gasteiger partial charge in [0.1, 0.15) is 13.2 Å². The first kappa shape index (κ1) is 17.5. The molecule has 6 nitrogen and oxygen atoms in total. The molecule has 0 spiro atoms. The number of rotatable bonds is 7. The molecule has 0 aliphatic rings. The van der Waals surface area contributed by atoms with Crippen LogP contribution in [-0.2, 0) is 9.47 Å². The quantitative estimate of drug-likeness (QED) is 0.745. The molecule has 2 atom stereocenters. The van der Waals surface area contributed by atoms with Crippen LogP contribution < -0.4 is 11.1 Å². The normalized spacial score (nSPS) is 15.5. The van der Waals surface area contributed by atoms with E-state index in [1.54, 1.807) is 0 Å². The number of alkyl carbamates (subject to hydrolysis) is 1. The van der Waals surface area contributed by atoms with Gasteiger partial charge in [-0.25, -0.2) is 9.59 Å². The summed E-state index contributed by atoms with van der Waals surface area (Å²) in [5, 5.41) is 2.64. The molecule has 0 heterocycles. The van der Waals surface area contributed by atoms with Crippen molar-refractivity contribution in [3.8, 4) is 0 Å². The van der Waals surface area contributed by atoms with Crippen molar-refractivity contribution in [3.63, 3.8) is 0 Å². The van der Waals surface area contributed by atoms with Crippen molar-refractivity contribution in [1.82, 2.24) is 5.32 Å². The predicted octanol–water partition coefficient (Wildman–Crippen LogP) is 2.27. The minimum Gasteiger partial charge on any atom is -0.449 e. The largest absolute Gasteiger partial charge is 0.449 e. The van der Waals surface area contributed by atoms with E-state index in [4.69, 9.17) is 15.2 Å². The van der Waals surface area contributed by atoms with Gasteiger partial charge in [0.05, 0.1) is 0 Å². The maximum Gasteiger partial charge on any atom is 0.407 e. The Hall–Kier alpha value is -1.46. The SMILES string of the molecule is CC[C@H](C)[C@](C)(COC(N)=O)COC(=O)NC(C)C. The van der Waals surface area contributed by atoms with E-state index in [1.165, 1.54) is 0 Å². The van der Waals surface area contributed by atoms with Crippen LogP contribution in [0, 0.1) is 11.3 Å². The first-order chi connectivity index (χ1) is 8.71. The second-order valence-electron chi connectivity index (χ2n) is 5.45. The van der Waals surface area contributed by atoms with E-state index in [0.29, 0.717) is 0 Å². The molecule has 0 aromatic rings. The molecule has 0 aliphatic heterocycles. The number of primary amides is 1. The minimum absolute atomic E-state index is 0.0178. The van der Waals surface area contributed by atoms with E-state index >= 15 is 0 Å². The summed E-state index contributed by atoms with van der Waals surface area (Å²) in [6.45, 7) is 9.97. The van der Waals surface area contributed by atoms with E-state index in [-0.39, 0.29) is 25.2 Å². The van der Waals surface area contributed by atoms with E-state index < -0.39 is 17.6 Å². The van der Waals surface area contributed by atoms with Gasteiger partial charge >= 0.3 is 12.2 Å². The van der Waals surface area contributed by atoms with Crippen molar-refractivity contribution in [1.29, 1.82) is 0 Å². The van der Waals surface area contributed by atoms with Gasteiger partial charge in [0.25, 0.3) is 0 Å². The Morgan fingerprint density at radius 3 is 2.16 bits per heavy atom. The first-order valence-electron chi connectivity index (χ1n) is 6.56. The fraction of sp³-hybridized carbons (Fsp3) is 0.846. The number of hydrogen-bond donors (Lipinski definition) is 2. The monoisotopic (exact) mass is 274 g/mol. The van der Waals surface area contributed by atoms with Gasteiger partial charge in [-0.2, -0.15) is 0 Å². The van der Waals surface area contributed by atoms with E-state index in [1.807, 2.05) is 34.6 Å². The van der Waals surface area contributed by atoms with Gasteiger partial charge in [-0.15, -0.1) is 0 Å². The Morgan fingerprint density at radius 1 is 1.21 bits per heavy atom. The lowest BCUT2D eigenvalue weighted by molar-refractivity contribution is 0.00533. The Bertz CT molecular complexity index is 307. The van der Waals surface area contributed by atoms with Crippen LogP contribution in [0.5, 0.6) is 0 Å². The second-order valence-corrected chi connectivity index (χ2v) is 5.45. The van der Waals surface area contributed by atoms with Crippen LogP contribution in [0.25, 0.3) is 0 Å². The first-order valence-corrected chi connectivity index (χ1v) is 6.56. The molecule has 0 aromatic carbocycles. The van der Waals surface area contributed by atoms with Gasteiger partial charge in [0, 0.05) is 11.5 Å². The molecule has 3 N–H and O–H groups in total. The van der Waals surface area contributed by atoms with Gasteiger partial charge in [-0.05, 0) is 19.8 Å². The Kier molecular flexibility index (Phi) is 7.26. The summed E-state index contributed by atoms with van der Waals surface area (Å²) in [7, 11) is 0. The fourth-order valence-electron chi connectivity index (χ4n) is 1.56. The molecule has 0 unspecified atom stereocenters. The molecule has 0 aromatic heterocycles. The Morgan fingerprint density at radius 2 is 1.74 bits per heavy atom. The second kappa shape index (κ2) is 7.86. The average Bonchev–Trinajstić information content (AvgIpc) is 2.32. The number of nitrogens with two attached hydrogens (primary N) is 1. The molecule has 0 radical (unpaired) electrons. The Labute approximate surface area is 115 Å². The van der Waals surface area contributed by atoms with Crippen molar-refractivity contribution >= 4 is 12.2 Å². The molecule has 19 heavy (non-hydrogen) atoms. The molecule has 112 valence electrons. The fourth-order valence-corrected chi connectivity index (χ4v) is 1.56. The highest BCUT2D eigenvalue weighted by Crippen LogP contribution is 2.30. The van der Waals surface area contributed by atoms with Crippen molar-refractivity contribution in [2.24, 2.45) is 17.1 Å². The number of nitrogens with one attached hydrogen (secondary N) is 1. The summed E-state index contributed by atoms with van der Waals surface area (Å²) in [5.41, 5.74) is 4.54. The van der Waals surface area contributed by atoms with Gasteiger partial charge in [0.15, 0.2) is 0 Å². The summed E-state index contributed by atoms with van der Waals surface area (Å²) in [6, 6.07) is 0.0178. The van der Waals surface area contributed by atoms with Crippen molar-refractivity contribution in [2.45, 2.75) is 47.1 Å². The zero-order chi connectivity index (χ0) is 15.1. The van der Waals surface area contributed by atoms with Crippen LogP contribution in [0.3, 0.4) is 0 Å². The minimum atomic E-state index is -0.818. The van der Waals surface area contributed by atoms with Crippen LogP contribution in [0.2, 0.25) is 0 Å². The molecule has 2 amide bonds. The van der Waals surface area contributed by atoms with Crippen LogP contribution in [0.1, 0.15) is 41.0 Å². The lowest BCUT2D eigenvalue weighted by Crippen LogP contribution is -2.40. The lowest BCUT2D eigenvalue weighted by Gasteiger charge is -2.33. The van der Waals surface area contributed by atoms with Crippen LogP contribution in [-0.4, -0.2) is 31.4 Å². The predicted molar refractivity (Wildman–Crippen MR) is 72.7 cm³/mol. The summed E-state index contributed by atoms with van der Waals surface area (Å²) in [5.74, 6) is 0.221. The summed E-state index contributed by atoms with van der Waals surface area (Å²) < 4.78 is 10.1. The van der Waals surface area contributed by atoms with E-state index in [2.05, 4.69) is 5.32 Å². The smallest absolute Gasteiger partial charge is 0.407 e. The number of carbonyl (C=O) groups excluding carboxylic acids is 2. The van der Waals surface area contributed by atoms with Crippen molar-refractivity contribution in [2.75, 3.05) is 13.2 Å². The highest BCUT2D eigenvalue weighted by Gasteiger charge is 2.33. The third-order valence-electron chi connectivity index (χ3n) is 3.29. The van der Waals surface area contributed by atoms with Crippen LogP contribution in [0.4, 0.5) is 9.59 Å². The van der Waals surface area contributed by atoms with E-state index in [0.717, 1.165) is 6.42 Å². The Balaban J connectivity index is 4.50. The average molecular weight is 274 g/mol. The molecule has 0 aliphatic carbocycles. The van der Waals surface area contributed by atoms with Gasteiger partial charge in [-0.3, -0.25) is 0 Å². The van der Waals surface area contributed by atoms with Gasteiger partial charge < -0.3 is 20.5 Å². The van der Waals surface area contributed by atoms with Gasteiger partial charge in [0.2, 0.25) is 0 Å². The molecule has 0 bridgehead atoms. The topological polar surface area (TPSA) is 90.7 Å². The maximum atomic E-state index is 11.5. The number of ether oxygens (including phenoxy) is 2. The lowest BCUT2D eigenvalue weighted by atomic mass is 9.78. The van der Waals surface area contributed by atoms with Crippen molar-refractivity contribution in [3.05, 3.63) is 0 Å². The summed E-state index contributed by atoms with van der Waals surface area (Å²) in [6.07, 6.45) is -0.405. The highest BCUT2D eigenvalue weighted by atomic mass is 16.6. The zero-order valence-electron chi connectivity index (χ0n) is 12.5. The number of amides is 2. The zero-order valence-corrected chi connectivity index (χ0v) is 12.5. The third kappa shape index (κ3) is 6.88. The molecular formula is C13H26N2O4. The number of hydrogen-bond acceptors (Lipinski definition) is 4. The number of carbonyl (C=O) groups is 2. The molecule has 0 saturated heterocycles. The molecule has 0 saturated carbocycles. The summed E-state index contributed by atoms with van der Waals surface area (Å²) in [4.78, 5) is 22.2. The maximum absolute atomic E-state index is 11.5. The molecule has 0 rings (SSSR count). The van der Waals surface area contributed by atoms with E-state index in [9.17, 15) is 9.59 Å². The third-order valence-corrected chi connectivity index (χ3v) is 3.29. The molecule has 0 fully saturated rings. The highest BCUT2D eigenvalue weighted by molar-refractivity contribution is 5.67. The molecule has 6 heteroatoms.